The number of benzene rings is 1. The van der Waals surface area contributed by atoms with Crippen molar-refractivity contribution >= 4 is 23.1 Å². The van der Waals surface area contributed by atoms with Gasteiger partial charge < -0.3 is 0 Å². The maximum absolute atomic E-state index is 2.68. The third-order valence-corrected chi connectivity index (χ3v) is 6.85. The second-order valence-electron chi connectivity index (χ2n) is 5.77. The highest BCUT2D eigenvalue weighted by atomic mass is 32.2. The van der Waals surface area contributed by atoms with Gasteiger partial charge in [0.15, 0.2) is 0 Å². The van der Waals surface area contributed by atoms with Crippen LogP contribution in [0.4, 0.5) is 0 Å². The molecule has 0 saturated carbocycles. The van der Waals surface area contributed by atoms with Crippen molar-refractivity contribution in [3.05, 3.63) is 51.7 Å². The predicted molar refractivity (Wildman–Crippen MR) is 87.8 cm³/mol. The summed E-state index contributed by atoms with van der Waals surface area (Å²) >= 11 is 4.01. The monoisotopic (exact) mass is 301 g/mol. The van der Waals surface area contributed by atoms with Crippen molar-refractivity contribution in [1.29, 1.82) is 0 Å². The Balaban J connectivity index is 1.47. The zero-order valence-electron chi connectivity index (χ0n) is 11.7. The van der Waals surface area contributed by atoms with Crippen molar-refractivity contribution in [3.8, 4) is 0 Å². The fourth-order valence-corrected chi connectivity index (χ4v) is 5.74. The minimum Gasteiger partial charge on any atom is -0.295 e. The Morgan fingerprint density at radius 1 is 1.25 bits per heavy atom. The molecule has 20 heavy (non-hydrogen) atoms. The average molecular weight is 301 g/mol. The zero-order chi connectivity index (χ0) is 13.5. The molecule has 0 aliphatic carbocycles. The van der Waals surface area contributed by atoms with E-state index in [1.165, 1.54) is 30.8 Å². The molecule has 4 rings (SSSR count). The van der Waals surface area contributed by atoms with Crippen LogP contribution in [0.25, 0.3) is 0 Å². The standard InChI is InChI=1S/C17H19NS2/c1-12-15-7-9-19-17(15)6-8-18(12)11-14-10-13-4-2-3-5-16(13)20-14/h2-5,7,9,12,14H,6,8,10-11H2,1H3. The van der Waals surface area contributed by atoms with Crippen LogP contribution in [0.15, 0.2) is 40.6 Å². The zero-order valence-corrected chi connectivity index (χ0v) is 13.3. The molecule has 2 atom stereocenters. The fourth-order valence-electron chi connectivity index (χ4n) is 3.43. The normalized spacial score (nSPS) is 25.4. The Labute approximate surface area is 129 Å². The fraction of sp³-hybridized carbons (Fsp3) is 0.412. The van der Waals surface area contributed by atoms with E-state index in [9.17, 15) is 0 Å². The van der Waals surface area contributed by atoms with Gasteiger partial charge in [0.25, 0.3) is 0 Å². The topological polar surface area (TPSA) is 3.24 Å². The molecule has 1 aromatic carbocycles. The number of nitrogens with zero attached hydrogens (tertiary/aromatic N) is 1. The summed E-state index contributed by atoms with van der Waals surface area (Å²) in [6.07, 6.45) is 2.47. The van der Waals surface area contributed by atoms with Crippen LogP contribution in [0.5, 0.6) is 0 Å². The molecule has 1 aromatic heterocycles. The summed E-state index contributed by atoms with van der Waals surface area (Å²) in [5.41, 5.74) is 3.12. The van der Waals surface area contributed by atoms with Gasteiger partial charge in [-0.05, 0) is 48.4 Å². The lowest BCUT2D eigenvalue weighted by Crippen LogP contribution is -2.37. The molecule has 104 valence electrons. The third kappa shape index (κ3) is 2.22. The van der Waals surface area contributed by atoms with Gasteiger partial charge >= 0.3 is 0 Å². The first kappa shape index (κ1) is 12.9. The number of thioether (sulfide) groups is 1. The molecular weight excluding hydrogens is 282 g/mol. The first-order chi connectivity index (χ1) is 9.81. The van der Waals surface area contributed by atoms with Crippen molar-refractivity contribution < 1.29 is 0 Å². The van der Waals surface area contributed by atoms with Gasteiger partial charge in [0.2, 0.25) is 0 Å². The quantitative estimate of drug-likeness (QED) is 0.809. The molecular formula is C17H19NS2. The molecule has 0 bridgehead atoms. The van der Waals surface area contributed by atoms with Crippen LogP contribution in [0, 0.1) is 0 Å². The minimum atomic E-state index is 0.592. The Kier molecular flexibility index (Phi) is 3.37. The van der Waals surface area contributed by atoms with E-state index < -0.39 is 0 Å². The van der Waals surface area contributed by atoms with Crippen molar-refractivity contribution in [2.75, 3.05) is 13.1 Å². The molecule has 0 N–H and O–H groups in total. The van der Waals surface area contributed by atoms with Crippen LogP contribution in [0.2, 0.25) is 0 Å². The average Bonchev–Trinajstić information content (AvgIpc) is 3.08. The molecule has 0 fully saturated rings. The summed E-state index contributed by atoms with van der Waals surface area (Å²) < 4.78 is 0. The van der Waals surface area contributed by atoms with Gasteiger partial charge in [0, 0.05) is 34.2 Å². The maximum atomic E-state index is 2.68. The summed E-state index contributed by atoms with van der Waals surface area (Å²) in [5, 5.41) is 2.99. The van der Waals surface area contributed by atoms with Crippen LogP contribution in [0.1, 0.15) is 29.0 Å². The molecule has 0 saturated heterocycles. The Bertz CT molecular complexity index is 594. The van der Waals surface area contributed by atoms with E-state index in [4.69, 9.17) is 0 Å². The highest BCUT2D eigenvalue weighted by molar-refractivity contribution is 8.00. The lowest BCUT2D eigenvalue weighted by molar-refractivity contribution is 0.201. The second-order valence-corrected chi connectivity index (χ2v) is 8.11. The summed E-state index contributed by atoms with van der Waals surface area (Å²) in [6.45, 7) is 4.81. The van der Waals surface area contributed by atoms with Crippen LogP contribution in [-0.2, 0) is 12.8 Å². The van der Waals surface area contributed by atoms with E-state index in [2.05, 4.69) is 59.3 Å². The smallest absolute Gasteiger partial charge is 0.0331 e. The number of rotatable bonds is 2. The van der Waals surface area contributed by atoms with E-state index in [0.29, 0.717) is 6.04 Å². The first-order valence-corrected chi connectivity index (χ1v) is 9.12. The molecule has 3 heterocycles. The Morgan fingerprint density at radius 3 is 3.05 bits per heavy atom. The Hall–Kier alpha value is -0.770. The molecule has 2 aromatic rings. The SMILES string of the molecule is CC1c2ccsc2CCN1CC1Cc2ccccc2S1. The molecule has 0 amide bonds. The highest BCUT2D eigenvalue weighted by Crippen LogP contribution is 2.39. The molecule has 2 aliphatic heterocycles. The van der Waals surface area contributed by atoms with E-state index in [-0.39, 0.29) is 0 Å². The molecule has 0 radical (unpaired) electrons. The summed E-state index contributed by atoms with van der Waals surface area (Å²) in [6, 6.07) is 11.8. The molecule has 2 unspecified atom stereocenters. The summed E-state index contributed by atoms with van der Waals surface area (Å²) in [5.74, 6) is 0. The van der Waals surface area contributed by atoms with E-state index >= 15 is 0 Å². The van der Waals surface area contributed by atoms with E-state index in [0.717, 1.165) is 5.25 Å². The lowest BCUT2D eigenvalue weighted by Gasteiger charge is -2.35. The minimum absolute atomic E-state index is 0.592. The molecule has 1 nitrogen and oxygen atoms in total. The third-order valence-electron chi connectivity index (χ3n) is 4.56. The molecule has 2 aliphatic rings. The van der Waals surface area contributed by atoms with Crippen molar-refractivity contribution in [3.63, 3.8) is 0 Å². The maximum Gasteiger partial charge on any atom is 0.0331 e. The number of hydrogen-bond donors (Lipinski definition) is 0. The molecule has 3 heteroatoms. The number of fused-ring (bicyclic) bond motifs is 2. The van der Waals surface area contributed by atoms with Crippen molar-refractivity contribution in [2.45, 2.75) is 36.0 Å². The van der Waals surface area contributed by atoms with Gasteiger partial charge in [-0.2, -0.15) is 0 Å². The van der Waals surface area contributed by atoms with Crippen LogP contribution >= 0.6 is 23.1 Å². The second kappa shape index (κ2) is 5.21. The largest absolute Gasteiger partial charge is 0.295 e. The number of thiophene rings is 1. The van der Waals surface area contributed by atoms with Gasteiger partial charge in [-0.3, -0.25) is 4.90 Å². The summed E-state index contributed by atoms with van der Waals surface area (Å²) in [4.78, 5) is 5.79. The van der Waals surface area contributed by atoms with Crippen LogP contribution < -0.4 is 0 Å². The van der Waals surface area contributed by atoms with Gasteiger partial charge in [-0.1, -0.05) is 18.2 Å². The van der Waals surface area contributed by atoms with Gasteiger partial charge in [-0.25, -0.2) is 0 Å². The first-order valence-electron chi connectivity index (χ1n) is 7.36. The number of hydrogen-bond acceptors (Lipinski definition) is 3. The van der Waals surface area contributed by atoms with Gasteiger partial charge in [-0.15, -0.1) is 23.1 Å². The Morgan fingerprint density at radius 2 is 2.15 bits per heavy atom. The van der Waals surface area contributed by atoms with Gasteiger partial charge in [0.05, 0.1) is 0 Å². The lowest BCUT2D eigenvalue weighted by atomic mass is 10.0. The van der Waals surface area contributed by atoms with E-state index in [1.54, 1.807) is 16.0 Å². The molecule has 0 spiro atoms. The van der Waals surface area contributed by atoms with Crippen molar-refractivity contribution in [2.24, 2.45) is 0 Å². The van der Waals surface area contributed by atoms with Crippen LogP contribution in [0.3, 0.4) is 0 Å². The van der Waals surface area contributed by atoms with Crippen LogP contribution in [-0.4, -0.2) is 23.2 Å². The van der Waals surface area contributed by atoms with Crippen molar-refractivity contribution in [1.82, 2.24) is 4.90 Å². The van der Waals surface area contributed by atoms with E-state index in [1.807, 2.05) is 11.3 Å². The summed E-state index contributed by atoms with van der Waals surface area (Å²) in [7, 11) is 0. The van der Waals surface area contributed by atoms with Gasteiger partial charge in [0.1, 0.15) is 0 Å². The highest BCUT2D eigenvalue weighted by Gasteiger charge is 2.29. The predicted octanol–water partition coefficient (Wildman–Crippen LogP) is 4.38.